The molecule has 1 aromatic rings. The van der Waals surface area contributed by atoms with E-state index in [1.54, 1.807) is 0 Å². The minimum Gasteiger partial charge on any atom is -0.302 e. The van der Waals surface area contributed by atoms with E-state index in [1.807, 2.05) is 0 Å². The summed E-state index contributed by atoms with van der Waals surface area (Å²) >= 11 is 0. The second-order valence-corrected chi connectivity index (χ2v) is 6.68. The van der Waals surface area contributed by atoms with Crippen LogP contribution in [-0.2, 0) is 0 Å². The predicted octanol–water partition coefficient (Wildman–Crippen LogP) is 4.44. The fourth-order valence-corrected chi connectivity index (χ4v) is 3.57. The summed E-state index contributed by atoms with van der Waals surface area (Å²) in [5.74, 6) is 1.51. The standard InChI is InChI=1S/C19H28N2/c1-4-15(2)14-21(3)19-12-17(10-11-18(19)13-20)16-8-6-5-7-9-16/h5-9,15,17-19H,4,10-12,14H2,1-3H3. The summed E-state index contributed by atoms with van der Waals surface area (Å²) < 4.78 is 0. The summed E-state index contributed by atoms with van der Waals surface area (Å²) in [7, 11) is 2.20. The van der Waals surface area contributed by atoms with Gasteiger partial charge in [0.1, 0.15) is 0 Å². The lowest BCUT2D eigenvalue weighted by Gasteiger charge is -2.39. The topological polar surface area (TPSA) is 27.0 Å². The highest BCUT2D eigenvalue weighted by Crippen LogP contribution is 2.37. The minimum absolute atomic E-state index is 0.194. The molecule has 4 atom stereocenters. The summed E-state index contributed by atoms with van der Waals surface area (Å²) in [6.45, 7) is 5.64. The Hall–Kier alpha value is -1.33. The smallest absolute Gasteiger partial charge is 0.0672 e. The Kier molecular flexibility index (Phi) is 5.82. The van der Waals surface area contributed by atoms with Crippen LogP contribution in [0.4, 0.5) is 0 Å². The van der Waals surface area contributed by atoms with Gasteiger partial charge in [0.15, 0.2) is 0 Å². The number of hydrogen-bond acceptors (Lipinski definition) is 2. The van der Waals surface area contributed by atoms with E-state index in [0.29, 0.717) is 17.9 Å². The van der Waals surface area contributed by atoms with Crippen molar-refractivity contribution in [3.63, 3.8) is 0 Å². The van der Waals surface area contributed by atoms with Gasteiger partial charge < -0.3 is 4.90 Å². The molecule has 0 aromatic heterocycles. The van der Waals surface area contributed by atoms with E-state index >= 15 is 0 Å². The van der Waals surface area contributed by atoms with E-state index in [1.165, 1.54) is 12.0 Å². The lowest BCUT2D eigenvalue weighted by molar-refractivity contribution is 0.129. The van der Waals surface area contributed by atoms with E-state index in [2.05, 4.69) is 62.2 Å². The average molecular weight is 284 g/mol. The highest BCUT2D eigenvalue weighted by molar-refractivity contribution is 5.21. The Morgan fingerprint density at radius 2 is 2.00 bits per heavy atom. The predicted molar refractivity (Wildman–Crippen MR) is 88.0 cm³/mol. The second kappa shape index (κ2) is 7.61. The van der Waals surface area contributed by atoms with Crippen LogP contribution >= 0.6 is 0 Å². The van der Waals surface area contributed by atoms with Gasteiger partial charge in [-0.2, -0.15) is 5.26 Å². The number of hydrogen-bond donors (Lipinski definition) is 0. The molecule has 0 bridgehead atoms. The maximum Gasteiger partial charge on any atom is 0.0672 e. The average Bonchev–Trinajstić information content (AvgIpc) is 2.54. The van der Waals surface area contributed by atoms with E-state index in [9.17, 15) is 5.26 Å². The molecule has 2 nitrogen and oxygen atoms in total. The molecule has 0 N–H and O–H groups in total. The Morgan fingerprint density at radius 1 is 1.29 bits per heavy atom. The van der Waals surface area contributed by atoms with Crippen molar-refractivity contribution < 1.29 is 0 Å². The van der Waals surface area contributed by atoms with Crippen molar-refractivity contribution in [2.75, 3.05) is 13.6 Å². The van der Waals surface area contributed by atoms with Gasteiger partial charge in [-0.05, 0) is 43.7 Å². The first-order valence-corrected chi connectivity index (χ1v) is 8.30. The molecule has 4 unspecified atom stereocenters. The minimum atomic E-state index is 0.194. The van der Waals surface area contributed by atoms with Gasteiger partial charge in [-0.3, -0.25) is 0 Å². The molecule has 1 aromatic carbocycles. The quantitative estimate of drug-likeness (QED) is 0.799. The first-order valence-electron chi connectivity index (χ1n) is 8.30. The molecule has 0 aliphatic heterocycles. The van der Waals surface area contributed by atoms with E-state index in [4.69, 9.17) is 0 Å². The third kappa shape index (κ3) is 4.08. The zero-order valence-electron chi connectivity index (χ0n) is 13.6. The Balaban J connectivity index is 2.07. The van der Waals surface area contributed by atoms with Crippen molar-refractivity contribution in [2.45, 2.75) is 51.5 Å². The van der Waals surface area contributed by atoms with Crippen LogP contribution < -0.4 is 0 Å². The first kappa shape index (κ1) is 16.0. The molecular formula is C19H28N2. The maximum atomic E-state index is 9.48. The summed E-state index contributed by atoms with van der Waals surface area (Å²) in [4.78, 5) is 2.44. The summed E-state index contributed by atoms with van der Waals surface area (Å²) in [5, 5.41) is 9.48. The Bertz CT molecular complexity index is 462. The van der Waals surface area contributed by atoms with E-state index in [-0.39, 0.29) is 5.92 Å². The lowest BCUT2D eigenvalue weighted by Crippen LogP contribution is -2.43. The SMILES string of the molecule is CCC(C)CN(C)C1CC(c2ccccc2)CCC1C#N. The van der Waals surface area contributed by atoms with Gasteiger partial charge in [0.2, 0.25) is 0 Å². The molecular weight excluding hydrogens is 256 g/mol. The third-order valence-corrected chi connectivity index (χ3v) is 5.12. The van der Waals surface area contributed by atoms with Crippen molar-refractivity contribution in [1.29, 1.82) is 5.26 Å². The summed E-state index contributed by atoms with van der Waals surface area (Å²) in [6, 6.07) is 13.8. The van der Waals surface area contributed by atoms with Gasteiger partial charge in [-0.15, -0.1) is 0 Å². The van der Waals surface area contributed by atoms with E-state index < -0.39 is 0 Å². The van der Waals surface area contributed by atoms with Gasteiger partial charge in [0.25, 0.3) is 0 Å². The molecule has 1 fully saturated rings. The van der Waals surface area contributed by atoms with Crippen LogP contribution in [0.2, 0.25) is 0 Å². The number of nitriles is 1. The summed E-state index contributed by atoms with van der Waals surface area (Å²) in [6.07, 6.45) is 4.51. The lowest BCUT2D eigenvalue weighted by atomic mass is 9.75. The molecule has 0 saturated heterocycles. The maximum absolute atomic E-state index is 9.48. The van der Waals surface area contributed by atoms with Gasteiger partial charge in [0.05, 0.1) is 12.0 Å². The third-order valence-electron chi connectivity index (χ3n) is 5.12. The molecule has 2 heteroatoms. The van der Waals surface area contributed by atoms with Gasteiger partial charge in [-0.25, -0.2) is 0 Å². The molecule has 0 spiro atoms. The van der Waals surface area contributed by atoms with Crippen molar-refractivity contribution in [3.05, 3.63) is 35.9 Å². The molecule has 0 radical (unpaired) electrons. The second-order valence-electron chi connectivity index (χ2n) is 6.68. The first-order chi connectivity index (χ1) is 10.2. The largest absolute Gasteiger partial charge is 0.302 e. The zero-order chi connectivity index (χ0) is 15.2. The molecule has 2 rings (SSSR count). The Labute approximate surface area is 129 Å². The molecule has 1 saturated carbocycles. The van der Waals surface area contributed by atoms with Gasteiger partial charge in [-0.1, -0.05) is 50.6 Å². The van der Waals surface area contributed by atoms with Crippen LogP contribution in [0.15, 0.2) is 30.3 Å². The summed E-state index contributed by atoms with van der Waals surface area (Å²) in [5.41, 5.74) is 1.44. The molecule has 21 heavy (non-hydrogen) atoms. The zero-order valence-corrected chi connectivity index (χ0v) is 13.6. The van der Waals surface area contributed by atoms with Crippen LogP contribution in [-0.4, -0.2) is 24.5 Å². The molecule has 0 heterocycles. The Morgan fingerprint density at radius 3 is 2.62 bits per heavy atom. The highest BCUT2D eigenvalue weighted by atomic mass is 15.1. The van der Waals surface area contributed by atoms with Crippen LogP contribution in [0, 0.1) is 23.2 Å². The normalized spacial score (nSPS) is 27.3. The van der Waals surface area contributed by atoms with Crippen LogP contribution in [0.1, 0.15) is 51.0 Å². The molecule has 0 amide bonds. The monoisotopic (exact) mass is 284 g/mol. The fourth-order valence-electron chi connectivity index (χ4n) is 3.57. The number of rotatable bonds is 5. The van der Waals surface area contributed by atoms with Crippen molar-refractivity contribution in [1.82, 2.24) is 4.90 Å². The highest BCUT2D eigenvalue weighted by Gasteiger charge is 2.33. The van der Waals surface area contributed by atoms with Crippen LogP contribution in [0.25, 0.3) is 0 Å². The molecule has 114 valence electrons. The van der Waals surface area contributed by atoms with Crippen LogP contribution in [0.3, 0.4) is 0 Å². The van der Waals surface area contributed by atoms with E-state index in [0.717, 1.165) is 25.8 Å². The molecule has 1 aliphatic rings. The van der Waals surface area contributed by atoms with Crippen molar-refractivity contribution >= 4 is 0 Å². The molecule has 1 aliphatic carbocycles. The van der Waals surface area contributed by atoms with Crippen LogP contribution in [0.5, 0.6) is 0 Å². The van der Waals surface area contributed by atoms with Gasteiger partial charge in [0, 0.05) is 12.6 Å². The van der Waals surface area contributed by atoms with Crippen molar-refractivity contribution in [3.8, 4) is 6.07 Å². The number of nitrogens with zero attached hydrogens (tertiary/aromatic N) is 2. The fraction of sp³-hybridized carbons (Fsp3) is 0.632. The van der Waals surface area contributed by atoms with Gasteiger partial charge >= 0.3 is 0 Å². The van der Waals surface area contributed by atoms with Crippen molar-refractivity contribution in [2.24, 2.45) is 11.8 Å². The number of benzene rings is 1.